The molecule has 1 aromatic carbocycles. The molecule has 0 unspecified atom stereocenters. The second-order valence-electron chi connectivity index (χ2n) is 4.66. The van der Waals surface area contributed by atoms with Gasteiger partial charge in [-0.1, -0.05) is 13.2 Å². The van der Waals surface area contributed by atoms with E-state index in [9.17, 15) is 13.2 Å². The Bertz CT molecular complexity index is 485. The van der Waals surface area contributed by atoms with Crippen molar-refractivity contribution >= 4 is 12.6 Å². The number of hydrogen-bond acceptors (Lipinski definition) is 3. The zero-order chi connectivity index (χ0) is 16.5. The van der Waals surface area contributed by atoms with E-state index in [1.807, 2.05) is 0 Å². The molecule has 122 valence electrons. The van der Waals surface area contributed by atoms with Gasteiger partial charge in [0.05, 0.1) is 29.8 Å². The van der Waals surface area contributed by atoms with Crippen LogP contribution in [0.3, 0.4) is 0 Å². The van der Waals surface area contributed by atoms with Gasteiger partial charge in [-0.25, -0.2) is 13.2 Å². The minimum atomic E-state index is -0.644. The smallest absolute Gasteiger partial charge is 0.182 e. The topological polar surface area (TPSA) is 18.5 Å². The summed E-state index contributed by atoms with van der Waals surface area (Å²) in [5.74, 6) is -1.21. The summed E-state index contributed by atoms with van der Waals surface area (Å²) in [5.41, 5.74) is 0. The number of thiol groups is 1. The average molecular weight is 332 g/mol. The van der Waals surface area contributed by atoms with Crippen LogP contribution in [0, 0.1) is 5.82 Å². The van der Waals surface area contributed by atoms with Crippen LogP contribution in [0.5, 0.6) is 11.5 Å². The fourth-order valence-corrected chi connectivity index (χ4v) is 1.90. The standard InChI is InChI=1S/C16H19F3O2S/c1-11(17)5-3-9-20-13-7-8-14(16(22)15(13)19)21-10-4-6-12(2)18/h7-8,22H,1-6,9-10H2. The highest BCUT2D eigenvalue weighted by atomic mass is 32.1. The van der Waals surface area contributed by atoms with E-state index >= 15 is 0 Å². The molecule has 0 saturated heterocycles. The second-order valence-corrected chi connectivity index (χ2v) is 5.11. The Labute approximate surface area is 134 Å². The first-order valence-corrected chi connectivity index (χ1v) is 7.30. The first-order valence-electron chi connectivity index (χ1n) is 6.85. The molecule has 0 spiro atoms. The minimum absolute atomic E-state index is 0.0199. The van der Waals surface area contributed by atoms with Crippen molar-refractivity contribution in [2.45, 2.75) is 30.6 Å². The van der Waals surface area contributed by atoms with E-state index in [1.165, 1.54) is 12.1 Å². The van der Waals surface area contributed by atoms with Crippen LogP contribution in [0.2, 0.25) is 0 Å². The lowest BCUT2D eigenvalue weighted by Gasteiger charge is -2.12. The highest BCUT2D eigenvalue weighted by molar-refractivity contribution is 7.80. The van der Waals surface area contributed by atoms with Gasteiger partial charge >= 0.3 is 0 Å². The number of benzene rings is 1. The summed E-state index contributed by atoms with van der Waals surface area (Å²) in [6.07, 6.45) is 1.22. The Kier molecular flexibility index (Phi) is 7.95. The van der Waals surface area contributed by atoms with Crippen molar-refractivity contribution in [3.63, 3.8) is 0 Å². The SMILES string of the molecule is C=C(F)CCCOc1ccc(OCCCC(=C)F)c(S)c1F. The van der Waals surface area contributed by atoms with E-state index < -0.39 is 17.5 Å². The number of halogens is 3. The van der Waals surface area contributed by atoms with Crippen molar-refractivity contribution in [2.24, 2.45) is 0 Å². The molecular formula is C16H19F3O2S. The molecule has 0 aliphatic heterocycles. The Balaban J connectivity index is 2.52. The minimum Gasteiger partial charge on any atom is -0.492 e. The van der Waals surface area contributed by atoms with Crippen LogP contribution in [0.25, 0.3) is 0 Å². The first-order chi connectivity index (χ1) is 10.4. The van der Waals surface area contributed by atoms with Gasteiger partial charge in [0.15, 0.2) is 11.6 Å². The van der Waals surface area contributed by atoms with E-state index in [-0.39, 0.29) is 42.4 Å². The molecule has 0 aromatic heterocycles. The van der Waals surface area contributed by atoms with Gasteiger partial charge in [0.2, 0.25) is 0 Å². The van der Waals surface area contributed by atoms with Gasteiger partial charge in [0.1, 0.15) is 5.75 Å². The molecule has 2 nitrogen and oxygen atoms in total. The summed E-state index contributed by atoms with van der Waals surface area (Å²) in [5, 5.41) is 0. The predicted octanol–water partition coefficient (Wildman–Crippen LogP) is 5.40. The maximum absolute atomic E-state index is 14.0. The normalized spacial score (nSPS) is 10.4. The molecule has 1 aromatic rings. The van der Waals surface area contributed by atoms with E-state index in [1.54, 1.807) is 0 Å². The van der Waals surface area contributed by atoms with Crippen molar-refractivity contribution in [3.05, 3.63) is 42.8 Å². The van der Waals surface area contributed by atoms with Gasteiger partial charge in [-0.05, 0) is 25.0 Å². The predicted molar refractivity (Wildman–Crippen MR) is 83.6 cm³/mol. The van der Waals surface area contributed by atoms with Crippen LogP contribution in [0.4, 0.5) is 13.2 Å². The van der Waals surface area contributed by atoms with Crippen LogP contribution in [0.15, 0.2) is 41.8 Å². The molecule has 1 rings (SSSR count). The van der Waals surface area contributed by atoms with Gasteiger partial charge in [0.25, 0.3) is 0 Å². The summed E-state index contributed by atoms with van der Waals surface area (Å²) in [7, 11) is 0. The van der Waals surface area contributed by atoms with Gasteiger partial charge < -0.3 is 9.47 Å². The summed E-state index contributed by atoms with van der Waals surface area (Å²) < 4.78 is 49.5. The Morgan fingerprint density at radius 3 is 1.91 bits per heavy atom. The molecule has 0 radical (unpaired) electrons. The third kappa shape index (κ3) is 6.47. The lowest BCUT2D eigenvalue weighted by atomic mass is 10.3. The molecule has 0 bridgehead atoms. The molecular weight excluding hydrogens is 313 g/mol. The molecule has 0 N–H and O–H groups in total. The maximum Gasteiger partial charge on any atom is 0.182 e. The Morgan fingerprint density at radius 1 is 0.955 bits per heavy atom. The number of ether oxygens (including phenoxy) is 2. The number of hydrogen-bond donors (Lipinski definition) is 1. The molecule has 0 fully saturated rings. The molecule has 6 heteroatoms. The fourth-order valence-electron chi connectivity index (χ4n) is 1.65. The van der Waals surface area contributed by atoms with Gasteiger partial charge in [-0.15, -0.1) is 12.6 Å². The van der Waals surface area contributed by atoms with Crippen LogP contribution >= 0.6 is 12.6 Å². The van der Waals surface area contributed by atoms with Crippen LogP contribution in [0.1, 0.15) is 25.7 Å². The molecule has 0 atom stereocenters. The van der Waals surface area contributed by atoms with Crippen molar-refractivity contribution in [2.75, 3.05) is 13.2 Å². The van der Waals surface area contributed by atoms with Gasteiger partial charge in [-0.3, -0.25) is 0 Å². The lowest BCUT2D eigenvalue weighted by molar-refractivity contribution is 0.278. The van der Waals surface area contributed by atoms with Crippen molar-refractivity contribution < 1.29 is 22.6 Å². The highest BCUT2D eigenvalue weighted by Gasteiger charge is 2.13. The van der Waals surface area contributed by atoms with Crippen molar-refractivity contribution in [1.29, 1.82) is 0 Å². The van der Waals surface area contributed by atoms with E-state index in [4.69, 9.17) is 9.47 Å². The summed E-state index contributed by atoms with van der Waals surface area (Å²) in [4.78, 5) is 0.0199. The lowest BCUT2D eigenvalue weighted by Crippen LogP contribution is -2.02. The van der Waals surface area contributed by atoms with Crippen molar-refractivity contribution in [1.82, 2.24) is 0 Å². The van der Waals surface area contributed by atoms with Crippen molar-refractivity contribution in [3.8, 4) is 11.5 Å². The van der Waals surface area contributed by atoms with E-state index in [0.29, 0.717) is 12.8 Å². The summed E-state index contributed by atoms with van der Waals surface area (Å²) in [6.45, 7) is 6.69. The summed E-state index contributed by atoms with van der Waals surface area (Å²) >= 11 is 4.06. The zero-order valence-electron chi connectivity index (χ0n) is 12.2. The summed E-state index contributed by atoms with van der Waals surface area (Å²) in [6, 6.07) is 2.95. The highest BCUT2D eigenvalue weighted by Crippen LogP contribution is 2.32. The molecule has 0 amide bonds. The maximum atomic E-state index is 14.0. The third-order valence-electron chi connectivity index (χ3n) is 2.74. The van der Waals surface area contributed by atoms with Gasteiger partial charge in [-0.2, -0.15) is 0 Å². The Morgan fingerprint density at radius 2 is 1.41 bits per heavy atom. The second kappa shape index (κ2) is 9.46. The van der Waals surface area contributed by atoms with Crippen LogP contribution < -0.4 is 9.47 Å². The average Bonchev–Trinajstić information content (AvgIpc) is 2.45. The molecule has 0 aliphatic rings. The number of allylic oxidation sites excluding steroid dienone is 2. The largest absolute Gasteiger partial charge is 0.492 e. The van der Waals surface area contributed by atoms with Crippen LogP contribution in [-0.4, -0.2) is 13.2 Å². The third-order valence-corrected chi connectivity index (χ3v) is 3.16. The van der Waals surface area contributed by atoms with Gasteiger partial charge in [0, 0.05) is 12.8 Å². The zero-order valence-corrected chi connectivity index (χ0v) is 13.1. The molecule has 0 aliphatic carbocycles. The first kappa shape index (κ1) is 18.5. The van der Waals surface area contributed by atoms with E-state index in [0.717, 1.165) is 0 Å². The molecule has 0 saturated carbocycles. The molecule has 0 heterocycles. The van der Waals surface area contributed by atoms with Crippen LogP contribution in [-0.2, 0) is 0 Å². The monoisotopic (exact) mass is 332 g/mol. The number of rotatable bonds is 10. The molecule has 22 heavy (non-hydrogen) atoms. The fraction of sp³-hybridized carbons (Fsp3) is 0.375. The Hall–Kier alpha value is -1.56. The van der Waals surface area contributed by atoms with E-state index in [2.05, 4.69) is 25.8 Å². The quantitative estimate of drug-likeness (QED) is 0.457.